The topological polar surface area (TPSA) is 99.6 Å². The molecule has 1 spiro atoms. The van der Waals surface area contributed by atoms with Crippen LogP contribution in [0.25, 0.3) is 0 Å². The molecule has 1 N–H and O–H groups in total. The molecule has 3 amide bonds. The van der Waals surface area contributed by atoms with E-state index in [-0.39, 0.29) is 37.4 Å². The lowest BCUT2D eigenvalue weighted by molar-refractivity contribution is -0.147. The van der Waals surface area contributed by atoms with E-state index < -0.39 is 35.1 Å². The van der Waals surface area contributed by atoms with Crippen molar-refractivity contribution in [1.82, 2.24) is 4.90 Å². The molecule has 3 aliphatic heterocycles. The van der Waals surface area contributed by atoms with Crippen LogP contribution < -0.4 is 14.5 Å². The normalized spacial score (nSPS) is 27.2. The van der Waals surface area contributed by atoms with E-state index in [1.54, 1.807) is 28.9 Å². The van der Waals surface area contributed by atoms with Gasteiger partial charge in [0.15, 0.2) is 0 Å². The van der Waals surface area contributed by atoms with Crippen molar-refractivity contribution in [3.05, 3.63) is 78.9 Å². The number of carbonyl (C=O) groups excluding carboxylic acids is 3. The van der Waals surface area contributed by atoms with Crippen LogP contribution >= 0.6 is 0 Å². The summed E-state index contributed by atoms with van der Waals surface area (Å²) in [5, 5.41) is 10.3. The molecule has 0 radical (unpaired) electrons. The molecule has 0 saturated carbocycles. The second kappa shape index (κ2) is 12.4. The lowest BCUT2D eigenvalue weighted by atomic mass is 9.66. The molecule has 3 saturated heterocycles. The molecular weight excluding hydrogens is 570 g/mol. The predicted molar refractivity (Wildman–Crippen MR) is 174 cm³/mol. The fourth-order valence-corrected chi connectivity index (χ4v) is 7.68. The maximum Gasteiger partial charge on any atom is 0.253 e. The van der Waals surface area contributed by atoms with Crippen molar-refractivity contribution in [2.24, 2.45) is 11.8 Å². The van der Waals surface area contributed by atoms with Crippen molar-refractivity contribution < 1.29 is 29.0 Å². The number of ether oxygens (including phenoxy) is 2. The Balaban J connectivity index is 1.59. The molecule has 3 heterocycles. The van der Waals surface area contributed by atoms with Gasteiger partial charge in [-0.15, -0.1) is 13.2 Å². The molecule has 5 rings (SSSR count). The first-order chi connectivity index (χ1) is 21.5. The monoisotopic (exact) mass is 615 g/mol. The molecule has 3 fully saturated rings. The SMILES string of the molecule is C=CCN(C(=O)[C@@H]1[C@H]2C(=O)N([C@H](C)CO)C(C(=O)N(CC=C)c3cc(C)ccc3C)C23CC[C@@]1(C)O3)c1ccc(OCC)cc1. The maximum atomic E-state index is 14.8. The number of aryl methyl sites for hydroxylation is 2. The summed E-state index contributed by atoms with van der Waals surface area (Å²) in [4.78, 5) is 48.8. The van der Waals surface area contributed by atoms with Gasteiger partial charge in [-0.3, -0.25) is 14.4 Å². The number of likely N-dealkylation sites (tertiary alicyclic amines) is 1. The molecule has 9 heteroatoms. The second-order valence-electron chi connectivity index (χ2n) is 12.7. The Hall–Kier alpha value is -3.95. The summed E-state index contributed by atoms with van der Waals surface area (Å²) in [6, 6.07) is 11.5. The average molecular weight is 616 g/mol. The Labute approximate surface area is 266 Å². The van der Waals surface area contributed by atoms with E-state index in [9.17, 15) is 19.5 Å². The van der Waals surface area contributed by atoms with Crippen molar-refractivity contribution in [2.75, 3.05) is 36.1 Å². The van der Waals surface area contributed by atoms with Crippen LogP contribution in [0.15, 0.2) is 67.8 Å². The first-order valence-corrected chi connectivity index (χ1v) is 15.8. The molecule has 2 aromatic carbocycles. The van der Waals surface area contributed by atoms with Gasteiger partial charge in [-0.05, 0) is 88.9 Å². The number of benzene rings is 2. The third-order valence-electron chi connectivity index (χ3n) is 9.72. The van der Waals surface area contributed by atoms with Crippen molar-refractivity contribution in [3.8, 4) is 5.75 Å². The highest BCUT2D eigenvalue weighted by Crippen LogP contribution is 2.64. The van der Waals surface area contributed by atoms with Crippen molar-refractivity contribution in [3.63, 3.8) is 0 Å². The third kappa shape index (κ3) is 5.25. The number of hydrogen-bond acceptors (Lipinski definition) is 6. The number of fused-ring (bicyclic) bond motifs is 1. The van der Waals surface area contributed by atoms with Gasteiger partial charge in [0.25, 0.3) is 5.91 Å². The number of hydrogen-bond donors (Lipinski definition) is 1. The Kier molecular flexibility index (Phi) is 8.97. The molecule has 6 atom stereocenters. The van der Waals surface area contributed by atoms with Crippen LogP contribution in [0.1, 0.15) is 44.7 Å². The molecule has 45 heavy (non-hydrogen) atoms. The number of amides is 3. The third-order valence-corrected chi connectivity index (χ3v) is 9.72. The van der Waals surface area contributed by atoms with Crippen LogP contribution in [0.4, 0.5) is 11.4 Å². The van der Waals surface area contributed by atoms with E-state index in [0.717, 1.165) is 16.8 Å². The van der Waals surface area contributed by atoms with Gasteiger partial charge in [-0.25, -0.2) is 0 Å². The molecule has 2 aromatic rings. The molecule has 0 aromatic heterocycles. The largest absolute Gasteiger partial charge is 0.494 e. The zero-order valence-corrected chi connectivity index (χ0v) is 27.0. The van der Waals surface area contributed by atoms with Gasteiger partial charge in [0.05, 0.1) is 36.7 Å². The fourth-order valence-electron chi connectivity index (χ4n) is 7.68. The van der Waals surface area contributed by atoms with E-state index in [4.69, 9.17) is 9.47 Å². The van der Waals surface area contributed by atoms with Crippen molar-refractivity contribution in [1.29, 1.82) is 0 Å². The standard InChI is InChI=1S/C36H45N3O6/c1-8-19-37(26-13-15-27(16-14-26)44-10-3)32(41)29-30-33(42)39(25(6)22-40)31(36(30)18-17-35(29,7)45-36)34(43)38(20-9-2)28-21-23(4)11-12-24(28)5/h8-9,11-16,21,25,29-31,40H,1-2,10,17-20,22H2,3-7H3/t25-,29+,30+,31?,35-,36?/m1/s1. The highest BCUT2D eigenvalue weighted by Gasteiger charge is 2.78. The van der Waals surface area contributed by atoms with Gasteiger partial charge in [-0.1, -0.05) is 24.3 Å². The minimum atomic E-state index is -1.23. The minimum absolute atomic E-state index is 0.223. The lowest BCUT2D eigenvalue weighted by Crippen LogP contribution is -2.58. The maximum absolute atomic E-state index is 14.8. The smallest absolute Gasteiger partial charge is 0.253 e. The summed E-state index contributed by atoms with van der Waals surface area (Å²) < 4.78 is 12.4. The summed E-state index contributed by atoms with van der Waals surface area (Å²) in [5.74, 6) is -1.97. The van der Waals surface area contributed by atoms with Gasteiger partial charge in [0, 0.05) is 24.5 Å². The number of carbonyl (C=O) groups is 3. The summed E-state index contributed by atoms with van der Waals surface area (Å²) in [6.07, 6.45) is 4.26. The molecule has 9 nitrogen and oxygen atoms in total. The van der Waals surface area contributed by atoms with Crippen LogP contribution in [0.5, 0.6) is 5.75 Å². The van der Waals surface area contributed by atoms with Crippen LogP contribution in [-0.4, -0.2) is 77.3 Å². The lowest BCUT2D eigenvalue weighted by Gasteiger charge is -2.39. The molecule has 0 aliphatic carbocycles. The number of rotatable bonds is 12. The van der Waals surface area contributed by atoms with Crippen molar-refractivity contribution in [2.45, 2.75) is 70.7 Å². The van der Waals surface area contributed by atoms with Crippen LogP contribution in [0, 0.1) is 25.7 Å². The Morgan fingerprint density at radius 3 is 2.38 bits per heavy atom. The van der Waals surface area contributed by atoms with E-state index in [1.807, 2.05) is 70.2 Å². The molecule has 3 aliphatic rings. The molecule has 2 unspecified atom stereocenters. The fraction of sp³-hybridized carbons (Fsp3) is 0.472. The zero-order valence-electron chi connectivity index (χ0n) is 27.0. The van der Waals surface area contributed by atoms with Crippen LogP contribution in [0.2, 0.25) is 0 Å². The summed E-state index contributed by atoms with van der Waals surface area (Å²) >= 11 is 0. The first-order valence-electron chi connectivity index (χ1n) is 15.8. The van der Waals surface area contributed by atoms with Gasteiger partial charge >= 0.3 is 0 Å². The van der Waals surface area contributed by atoms with Crippen molar-refractivity contribution >= 4 is 29.1 Å². The highest BCUT2D eigenvalue weighted by molar-refractivity contribution is 6.07. The number of aliphatic hydroxyl groups excluding tert-OH is 1. The first kappa shape index (κ1) is 32.4. The predicted octanol–water partition coefficient (Wildman–Crippen LogP) is 4.59. The second-order valence-corrected chi connectivity index (χ2v) is 12.7. The van der Waals surface area contributed by atoms with E-state index in [0.29, 0.717) is 30.9 Å². The zero-order chi connectivity index (χ0) is 32.7. The van der Waals surface area contributed by atoms with E-state index in [1.165, 1.54) is 4.90 Å². The van der Waals surface area contributed by atoms with Crippen LogP contribution in [0.3, 0.4) is 0 Å². The number of anilines is 2. The molecule has 240 valence electrons. The average Bonchev–Trinajstić information content (AvgIpc) is 3.60. The summed E-state index contributed by atoms with van der Waals surface area (Å²) in [5.41, 5.74) is 1.07. The van der Waals surface area contributed by atoms with E-state index in [2.05, 4.69) is 13.2 Å². The van der Waals surface area contributed by atoms with Crippen LogP contribution in [-0.2, 0) is 19.1 Å². The Morgan fingerprint density at radius 2 is 1.76 bits per heavy atom. The van der Waals surface area contributed by atoms with E-state index >= 15 is 0 Å². The Bertz CT molecular complexity index is 1490. The minimum Gasteiger partial charge on any atom is -0.494 e. The summed E-state index contributed by atoms with van der Waals surface area (Å²) in [7, 11) is 0. The van der Waals surface area contributed by atoms with Gasteiger partial charge in [0.1, 0.15) is 17.4 Å². The quantitative estimate of drug-likeness (QED) is 0.351. The van der Waals surface area contributed by atoms with Gasteiger partial charge in [-0.2, -0.15) is 0 Å². The van der Waals surface area contributed by atoms with Gasteiger partial charge in [0.2, 0.25) is 11.8 Å². The number of nitrogens with zero attached hydrogens (tertiary/aromatic N) is 3. The highest BCUT2D eigenvalue weighted by atomic mass is 16.5. The van der Waals surface area contributed by atoms with Gasteiger partial charge < -0.3 is 29.3 Å². The molecule has 2 bridgehead atoms. The Morgan fingerprint density at radius 1 is 1.09 bits per heavy atom. The number of aliphatic hydroxyl groups is 1. The molecular formula is C36H45N3O6. The summed E-state index contributed by atoms with van der Waals surface area (Å²) in [6.45, 7) is 17.8.